The van der Waals surface area contributed by atoms with Crippen molar-refractivity contribution in [2.45, 2.75) is 174 Å². The highest BCUT2D eigenvalue weighted by molar-refractivity contribution is 5.78. The van der Waals surface area contributed by atoms with Gasteiger partial charge < -0.3 is 54.3 Å². The molecule has 5 aliphatic carbocycles. The molecular formula is C42H68O12. The molecule has 7 aliphatic rings. The maximum Gasteiger partial charge on any atom is 0.312 e. The van der Waals surface area contributed by atoms with Gasteiger partial charge in [-0.05, 0) is 111 Å². The minimum Gasteiger partial charge on any atom is -0.469 e. The van der Waals surface area contributed by atoms with Crippen LogP contribution in [-0.2, 0) is 28.5 Å². The molecule has 54 heavy (non-hydrogen) atoms. The Balaban J connectivity index is 1.15. The number of methoxy groups -OCH3 is 1. The number of esters is 1. The summed E-state index contributed by atoms with van der Waals surface area (Å²) in [5.41, 5.74) is 0.270. The van der Waals surface area contributed by atoms with E-state index in [1.54, 1.807) is 7.11 Å². The van der Waals surface area contributed by atoms with Gasteiger partial charge in [-0.1, -0.05) is 53.2 Å². The van der Waals surface area contributed by atoms with Gasteiger partial charge in [-0.15, -0.1) is 0 Å². The number of allylic oxidation sites excluding steroid dienone is 2. The summed E-state index contributed by atoms with van der Waals surface area (Å²) in [6.45, 7) is 15.4. The first-order valence-corrected chi connectivity index (χ1v) is 20.6. The van der Waals surface area contributed by atoms with E-state index in [0.717, 1.165) is 57.8 Å². The second-order valence-electron chi connectivity index (χ2n) is 20.2. The average Bonchev–Trinajstić information content (AvgIpc) is 3.13. The molecule has 0 unspecified atom stereocenters. The van der Waals surface area contributed by atoms with Crippen molar-refractivity contribution in [3.63, 3.8) is 0 Å². The molecule has 0 amide bonds. The van der Waals surface area contributed by atoms with Crippen molar-refractivity contribution < 1.29 is 59.1 Å². The molecule has 0 aromatic heterocycles. The zero-order valence-corrected chi connectivity index (χ0v) is 33.7. The number of aliphatic hydroxyl groups excluding tert-OH is 6. The van der Waals surface area contributed by atoms with E-state index < -0.39 is 72.2 Å². The summed E-state index contributed by atoms with van der Waals surface area (Å²) < 4.78 is 29.9. The van der Waals surface area contributed by atoms with Gasteiger partial charge >= 0.3 is 5.97 Å². The predicted octanol–water partition coefficient (Wildman–Crippen LogP) is 3.61. The molecule has 4 saturated carbocycles. The van der Waals surface area contributed by atoms with Crippen molar-refractivity contribution in [2.75, 3.05) is 20.3 Å². The number of aliphatic hydroxyl groups is 6. The minimum absolute atomic E-state index is 0.0158. The number of hydrogen-bond acceptors (Lipinski definition) is 12. The molecule has 308 valence electrons. The number of fused-ring (bicyclic) bond motifs is 7. The molecule has 2 saturated heterocycles. The quantitative estimate of drug-likeness (QED) is 0.132. The fourth-order valence-corrected chi connectivity index (χ4v) is 13.5. The maximum absolute atomic E-state index is 13.6. The van der Waals surface area contributed by atoms with Crippen LogP contribution in [0.25, 0.3) is 0 Å². The number of carbonyl (C=O) groups excluding carboxylic acids is 1. The highest BCUT2D eigenvalue weighted by Crippen LogP contribution is 2.76. The van der Waals surface area contributed by atoms with Crippen LogP contribution in [0.15, 0.2) is 11.6 Å². The van der Waals surface area contributed by atoms with E-state index in [2.05, 4.69) is 47.6 Å². The Bertz CT molecular complexity index is 1450. The summed E-state index contributed by atoms with van der Waals surface area (Å²) in [5.74, 6) is 0.574. The van der Waals surface area contributed by atoms with Crippen LogP contribution >= 0.6 is 0 Å². The van der Waals surface area contributed by atoms with Crippen LogP contribution < -0.4 is 0 Å². The molecule has 2 heterocycles. The first-order chi connectivity index (χ1) is 25.2. The van der Waals surface area contributed by atoms with Gasteiger partial charge in [-0.2, -0.15) is 0 Å². The molecule has 6 N–H and O–H groups in total. The van der Waals surface area contributed by atoms with E-state index >= 15 is 0 Å². The monoisotopic (exact) mass is 764 g/mol. The second kappa shape index (κ2) is 14.0. The summed E-state index contributed by atoms with van der Waals surface area (Å²) in [4.78, 5) is 13.6. The van der Waals surface area contributed by atoms with Crippen LogP contribution in [0.2, 0.25) is 0 Å². The summed E-state index contributed by atoms with van der Waals surface area (Å²) in [5, 5.41) is 64.3. The average molecular weight is 765 g/mol. The topological polar surface area (TPSA) is 185 Å². The molecule has 12 heteroatoms. The van der Waals surface area contributed by atoms with Crippen molar-refractivity contribution in [3.05, 3.63) is 11.6 Å². The van der Waals surface area contributed by atoms with Gasteiger partial charge in [0.15, 0.2) is 12.6 Å². The molecular weight excluding hydrogens is 696 g/mol. The van der Waals surface area contributed by atoms with E-state index in [1.807, 2.05) is 0 Å². The summed E-state index contributed by atoms with van der Waals surface area (Å²) in [6.07, 6.45) is -0.972. The lowest BCUT2D eigenvalue weighted by Gasteiger charge is -2.71. The van der Waals surface area contributed by atoms with E-state index in [9.17, 15) is 35.4 Å². The molecule has 0 aromatic carbocycles. The van der Waals surface area contributed by atoms with Gasteiger partial charge in [0.2, 0.25) is 0 Å². The second-order valence-corrected chi connectivity index (χ2v) is 20.2. The Morgan fingerprint density at radius 2 is 1.54 bits per heavy atom. The first kappa shape index (κ1) is 41.0. The van der Waals surface area contributed by atoms with Crippen LogP contribution in [0.5, 0.6) is 0 Å². The van der Waals surface area contributed by atoms with Crippen molar-refractivity contribution >= 4 is 5.97 Å². The highest BCUT2D eigenvalue weighted by Gasteiger charge is 2.70. The lowest BCUT2D eigenvalue weighted by Crippen LogP contribution is -2.67. The lowest BCUT2D eigenvalue weighted by molar-refractivity contribution is -0.365. The van der Waals surface area contributed by atoms with Crippen molar-refractivity contribution in [1.29, 1.82) is 0 Å². The molecule has 6 fully saturated rings. The fourth-order valence-electron chi connectivity index (χ4n) is 13.5. The largest absolute Gasteiger partial charge is 0.469 e. The molecule has 12 nitrogen and oxygen atoms in total. The van der Waals surface area contributed by atoms with Gasteiger partial charge in [0.05, 0.1) is 37.9 Å². The van der Waals surface area contributed by atoms with Crippen LogP contribution in [0.3, 0.4) is 0 Å². The van der Waals surface area contributed by atoms with Crippen molar-refractivity contribution in [2.24, 2.45) is 50.2 Å². The maximum atomic E-state index is 13.6. The van der Waals surface area contributed by atoms with Crippen molar-refractivity contribution in [3.8, 4) is 0 Å². The van der Waals surface area contributed by atoms with Gasteiger partial charge in [0.25, 0.3) is 0 Å². The Morgan fingerprint density at radius 3 is 2.22 bits per heavy atom. The van der Waals surface area contributed by atoms with Gasteiger partial charge in [0.1, 0.15) is 36.6 Å². The molecule has 0 bridgehead atoms. The van der Waals surface area contributed by atoms with E-state index in [4.69, 9.17) is 23.7 Å². The van der Waals surface area contributed by atoms with Crippen LogP contribution in [0, 0.1) is 50.2 Å². The van der Waals surface area contributed by atoms with Crippen LogP contribution in [-0.4, -0.2) is 118 Å². The standard InChI is InChI=1S/C42H68O12/c1-22-29(45)31(47)32(48)34(52-22)54-33-30(46)25(44)20-51-35(33)53-28-12-13-38(4)26(39(28,5)21-43)11-14-41(7)27(38)10-9-23-24-19-37(2,3)15-17-42(24,36(49)50-8)18-16-40(23,41)6/h9,22,24-35,43-48H,10-21H2,1-8H3/t22-,24-,25-,26+,27+,28-,29-,30-,31+,32+,33+,34-,35+,38-,39-,40+,41+,42-/m0/s1. The van der Waals surface area contributed by atoms with Gasteiger partial charge in [-0.25, -0.2) is 0 Å². The molecule has 0 aromatic rings. The Labute approximate surface area is 320 Å². The Morgan fingerprint density at radius 1 is 0.833 bits per heavy atom. The SMILES string of the molecule is COC(=O)[C@]12CCC(C)(C)C[C@H]1C1=CC[C@@H]3[C@@]4(C)CC[C@H](O[C@H]5OC[C@H](O)[C@H](O)[C@H]5O[C@@H]5O[C@@H](C)[C@H](O)[C@@H](O)[C@H]5O)[C@@](C)(CO)[C@@H]4CC[C@@]3(C)[C@]1(C)CC2. The number of carbonyl (C=O) groups is 1. The smallest absolute Gasteiger partial charge is 0.312 e. The third kappa shape index (κ3) is 5.93. The normalized spacial score (nSPS) is 54.3. The first-order valence-electron chi connectivity index (χ1n) is 20.6. The molecule has 0 spiro atoms. The zero-order chi connectivity index (χ0) is 39.4. The number of hydrogen-bond donors (Lipinski definition) is 6. The molecule has 2 aliphatic heterocycles. The lowest BCUT2D eigenvalue weighted by atomic mass is 9.33. The number of ether oxygens (including phenoxy) is 5. The predicted molar refractivity (Wildman–Crippen MR) is 196 cm³/mol. The summed E-state index contributed by atoms with van der Waals surface area (Å²) in [6, 6.07) is 0. The third-order valence-corrected chi connectivity index (χ3v) is 17.1. The third-order valence-electron chi connectivity index (χ3n) is 17.1. The van der Waals surface area contributed by atoms with Gasteiger partial charge in [-0.3, -0.25) is 4.79 Å². The van der Waals surface area contributed by atoms with Crippen LogP contribution in [0.1, 0.15) is 113 Å². The summed E-state index contributed by atoms with van der Waals surface area (Å²) >= 11 is 0. The highest BCUT2D eigenvalue weighted by atomic mass is 16.8. The van der Waals surface area contributed by atoms with Crippen LogP contribution in [0.4, 0.5) is 0 Å². The summed E-state index contributed by atoms with van der Waals surface area (Å²) in [7, 11) is 1.54. The Kier molecular flexibility index (Phi) is 10.6. The molecule has 18 atom stereocenters. The van der Waals surface area contributed by atoms with E-state index in [0.29, 0.717) is 12.3 Å². The Hall–Kier alpha value is -1.19. The van der Waals surface area contributed by atoms with Crippen molar-refractivity contribution in [1.82, 2.24) is 0 Å². The van der Waals surface area contributed by atoms with Gasteiger partial charge in [0, 0.05) is 5.41 Å². The number of rotatable bonds is 6. The molecule has 7 rings (SSSR count). The zero-order valence-electron chi connectivity index (χ0n) is 33.7. The minimum atomic E-state index is -1.62. The molecule has 0 radical (unpaired) electrons. The van der Waals surface area contributed by atoms with E-state index in [1.165, 1.54) is 12.5 Å². The fraction of sp³-hybridized carbons (Fsp3) is 0.929. The van der Waals surface area contributed by atoms with E-state index in [-0.39, 0.29) is 52.7 Å².